The number of allylic oxidation sites excluding steroid dienone is 2. The highest BCUT2D eigenvalue weighted by atomic mass is 16.5. The van der Waals surface area contributed by atoms with Crippen LogP contribution in [0.15, 0.2) is 89.4 Å². The first-order chi connectivity index (χ1) is 17.3. The Labute approximate surface area is 211 Å². The van der Waals surface area contributed by atoms with Gasteiger partial charge < -0.3 is 13.9 Å². The maximum absolute atomic E-state index is 6.12. The predicted molar refractivity (Wildman–Crippen MR) is 147 cm³/mol. The van der Waals surface area contributed by atoms with Gasteiger partial charge in [-0.25, -0.2) is 0 Å². The molecule has 0 bridgehead atoms. The van der Waals surface area contributed by atoms with Gasteiger partial charge in [0.15, 0.2) is 0 Å². The summed E-state index contributed by atoms with van der Waals surface area (Å²) in [5, 5.41) is 0. The molecule has 0 spiro atoms. The zero-order valence-electron chi connectivity index (χ0n) is 21.4. The van der Waals surface area contributed by atoms with Crippen molar-refractivity contribution in [3.8, 4) is 34.1 Å². The molecule has 1 heterocycles. The van der Waals surface area contributed by atoms with Crippen molar-refractivity contribution in [1.29, 1.82) is 0 Å². The molecule has 3 heteroatoms. The van der Waals surface area contributed by atoms with Crippen LogP contribution < -0.4 is 9.47 Å². The summed E-state index contributed by atoms with van der Waals surface area (Å²) in [6.07, 6.45) is 18.5. The van der Waals surface area contributed by atoms with Gasteiger partial charge in [0.25, 0.3) is 0 Å². The number of hydrogen-bond acceptors (Lipinski definition) is 3. The van der Waals surface area contributed by atoms with Crippen LogP contribution in [0.25, 0.3) is 22.6 Å². The molecule has 1 aromatic heterocycles. The molecule has 3 rings (SSSR count). The number of unbranched alkanes of at least 4 members (excludes halogenated alkanes) is 6. The summed E-state index contributed by atoms with van der Waals surface area (Å²) in [6.45, 7) is 5.66. The van der Waals surface area contributed by atoms with E-state index < -0.39 is 0 Å². The summed E-state index contributed by atoms with van der Waals surface area (Å²) < 4.78 is 17.7. The molecule has 0 saturated heterocycles. The topological polar surface area (TPSA) is 31.6 Å². The third-order valence-electron chi connectivity index (χ3n) is 5.86. The van der Waals surface area contributed by atoms with Gasteiger partial charge in [0.2, 0.25) is 0 Å². The Balaban J connectivity index is 1.46. The minimum Gasteiger partial charge on any atom is -0.490 e. The summed E-state index contributed by atoms with van der Waals surface area (Å²) in [7, 11) is 0. The molecule has 0 amide bonds. The van der Waals surface area contributed by atoms with Crippen molar-refractivity contribution in [2.45, 2.75) is 65.2 Å². The molecule has 186 valence electrons. The molecule has 35 heavy (non-hydrogen) atoms. The van der Waals surface area contributed by atoms with Gasteiger partial charge in [-0.15, -0.1) is 0 Å². The zero-order valence-corrected chi connectivity index (χ0v) is 21.4. The summed E-state index contributed by atoms with van der Waals surface area (Å²) in [5.74, 6) is 3.42. The van der Waals surface area contributed by atoms with Gasteiger partial charge in [0.1, 0.15) is 36.2 Å². The molecular formula is C32H40O3. The average Bonchev–Trinajstić information content (AvgIpc) is 3.39. The Morgan fingerprint density at radius 2 is 0.971 bits per heavy atom. The van der Waals surface area contributed by atoms with Crippen molar-refractivity contribution in [2.75, 3.05) is 13.2 Å². The highest BCUT2D eigenvalue weighted by Crippen LogP contribution is 2.30. The standard InChI is InChI=1S/C32H40O3/c1-3-5-7-9-11-13-25-33-29-19-15-27(16-20-29)31-23-24-32(35-31)28-17-21-30(22-18-28)34-26-14-12-10-8-6-4-2/h11-24H,3-10,25-26H2,1-2H3/b13-11+,14-12+. The van der Waals surface area contributed by atoms with Gasteiger partial charge in [-0.2, -0.15) is 0 Å². The molecule has 0 unspecified atom stereocenters. The monoisotopic (exact) mass is 472 g/mol. The highest BCUT2D eigenvalue weighted by molar-refractivity contribution is 5.65. The van der Waals surface area contributed by atoms with Crippen LogP contribution in [0.2, 0.25) is 0 Å². The molecule has 0 fully saturated rings. The van der Waals surface area contributed by atoms with Crippen molar-refractivity contribution in [3.63, 3.8) is 0 Å². The first kappa shape index (κ1) is 26.4. The first-order valence-electron chi connectivity index (χ1n) is 13.2. The second-order valence-corrected chi connectivity index (χ2v) is 8.77. The number of rotatable bonds is 16. The van der Waals surface area contributed by atoms with E-state index in [0.29, 0.717) is 13.2 Å². The minimum atomic E-state index is 0.603. The lowest BCUT2D eigenvalue weighted by Crippen LogP contribution is -1.93. The maximum atomic E-state index is 6.12. The van der Waals surface area contributed by atoms with E-state index >= 15 is 0 Å². The third kappa shape index (κ3) is 9.52. The lowest BCUT2D eigenvalue weighted by atomic mass is 10.1. The van der Waals surface area contributed by atoms with E-state index in [-0.39, 0.29) is 0 Å². The molecule has 0 radical (unpaired) electrons. The largest absolute Gasteiger partial charge is 0.490 e. The molecule has 0 saturated carbocycles. The van der Waals surface area contributed by atoms with Crippen LogP contribution in [0.1, 0.15) is 65.2 Å². The van der Waals surface area contributed by atoms with Crippen LogP contribution in [-0.4, -0.2) is 13.2 Å². The minimum absolute atomic E-state index is 0.603. The lowest BCUT2D eigenvalue weighted by Gasteiger charge is -2.05. The SMILES string of the molecule is CCCCC/C=C/COc1ccc(-c2ccc(-c3ccc(OC/C=C/CCCCC)cc3)o2)cc1. The fraction of sp³-hybridized carbons (Fsp3) is 0.375. The number of ether oxygens (including phenoxy) is 2. The van der Waals surface area contributed by atoms with E-state index in [1.807, 2.05) is 60.7 Å². The number of furan rings is 1. The molecule has 2 aromatic carbocycles. The van der Waals surface area contributed by atoms with E-state index in [1.54, 1.807) is 0 Å². The molecule has 3 aromatic rings. The predicted octanol–water partition coefficient (Wildman–Crippen LogP) is 9.64. The lowest BCUT2D eigenvalue weighted by molar-refractivity contribution is 0.362. The molecule has 0 aliphatic carbocycles. The van der Waals surface area contributed by atoms with Gasteiger partial charge in [-0.1, -0.05) is 63.8 Å². The van der Waals surface area contributed by atoms with Gasteiger partial charge in [0.05, 0.1) is 0 Å². The summed E-state index contributed by atoms with van der Waals surface area (Å²) in [4.78, 5) is 0. The van der Waals surface area contributed by atoms with Gasteiger partial charge in [0, 0.05) is 11.1 Å². The van der Waals surface area contributed by atoms with E-state index in [0.717, 1.165) is 47.0 Å². The van der Waals surface area contributed by atoms with Crippen molar-refractivity contribution in [2.24, 2.45) is 0 Å². The summed E-state index contributed by atoms with van der Waals surface area (Å²) in [6, 6.07) is 20.1. The molecular weight excluding hydrogens is 432 g/mol. The van der Waals surface area contributed by atoms with Gasteiger partial charge >= 0.3 is 0 Å². The quantitative estimate of drug-likeness (QED) is 0.154. The Kier molecular flexibility index (Phi) is 11.8. The Hall–Kier alpha value is -3.20. The molecule has 3 nitrogen and oxygen atoms in total. The van der Waals surface area contributed by atoms with Crippen LogP contribution in [0, 0.1) is 0 Å². The Morgan fingerprint density at radius 1 is 0.543 bits per heavy atom. The smallest absolute Gasteiger partial charge is 0.134 e. The van der Waals surface area contributed by atoms with Gasteiger partial charge in [-0.05, 0) is 86.3 Å². The summed E-state index contributed by atoms with van der Waals surface area (Å²) >= 11 is 0. The second-order valence-electron chi connectivity index (χ2n) is 8.77. The molecule has 0 N–H and O–H groups in total. The molecule has 0 aliphatic rings. The summed E-state index contributed by atoms with van der Waals surface area (Å²) in [5.41, 5.74) is 2.06. The fourth-order valence-electron chi connectivity index (χ4n) is 3.76. The van der Waals surface area contributed by atoms with E-state index in [2.05, 4.69) is 38.2 Å². The van der Waals surface area contributed by atoms with Crippen LogP contribution >= 0.6 is 0 Å². The molecule has 0 atom stereocenters. The number of benzene rings is 2. The number of hydrogen-bond donors (Lipinski definition) is 0. The highest BCUT2D eigenvalue weighted by Gasteiger charge is 2.07. The normalized spacial score (nSPS) is 11.5. The van der Waals surface area contributed by atoms with Crippen LogP contribution in [-0.2, 0) is 0 Å². The second kappa shape index (κ2) is 15.7. The van der Waals surface area contributed by atoms with Crippen molar-refractivity contribution in [3.05, 3.63) is 85.0 Å². The van der Waals surface area contributed by atoms with Crippen LogP contribution in [0.3, 0.4) is 0 Å². The Bertz CT molecular complexity index is 928. The van der Waals surface area contributed by atoms with Gasteiger partial charge in [-0.3, -0.25) is 0 Å². The van der Waals surface area contributed by atoms with Crippen LogP contribution in [0.5, 0.6) is 11.5 Å². The van der Waals surface area contributed by atoms with Crippen molar-refractivity contribution < 1.29 is 13.9 Å². The Morgan fingerprint density at radius 3 is 1.37 bits per heavy atom. The van der Waals surface area contributed by atoms with E-state index in [9.17, 15) is 0 Å². The van der Waals surface area contributed by atoms with Crippen molar-refractivity contribution in [1.82, 2.24) is 0 Å². The zero-order chi connectivity index (χ0) is 24.6. The first-order valence-corrected chi connectivity index (χ1v) is 13.2. The van der Waals surface area contributed by atoms with E-state index in [4.69, 9.17) is 13.9 Å². The molecule has 0 aliphatic heterocycles. The van der Waals surface area contributed by atoms with Crippen molar-refractivity contribution >= 4 is 0 Å². The van der Waals surface area contributed by atoms with E-state index in [1.165, 1.54) is 38.5 Å². The van der Waals surface area contributed by atoms with Crippen LogP contribution in [0.4, 0.5) is 0 Å². The third-order valence-corrected chi connectivity index (χ3v) is 5.86. The maximum Gasteiger partial charge on any atom is 0.134 e. The fourth-order valence-corrected chi connectivity index (χ4v) is 3.76. The average molecular weight is 473 g/mol.